The second-order valence-electron chi connectivity index (χ2n) is 9.55. The first-order chi connectivity index (χ1) is 18.6. The van der Waals surface area contributed by atoms with Crippen LogP contribution >= 0.6 is 0 Å². The summed E-state index contributed by atoms with van der Waals surface area (Å²) < 4.78 is 38.9. The number of furan rings is 1. The van der Waals surface area contributed by atoms with Crippen molar-refractivity contribution in [3.63, 3.8) is 0 Å². The van der Waals surface area contributed by atoms with Gasteiger partial charge < -0.3 is 24.6 Å². The van der Waals surface area contributed by atoms with E-state index in [0.717, 1.165) is 16.7 Å². The smallest absolute Gasteiger partial charge is 0.287 e. The quantitative estimate of drug-likeness (QED) is 0.321. The molecule has 0 aliphatic carbocycles. The van der Waals surface area contributed by atoms with Crippen LogP contribution in [-0.2, 0) is 19.6 Å². The molecule has 2 amide bonds. The number of fused-ring (bicyclic) bond motifs is 2. The van der Waals surface area contributed by atoms with Crippen molar-refractivity contribution in [2.24, 2.45) is 0 Å². The van der Waals surface area contributed by atoms with Crippen LogP contribution in [0.5, 0.6) is 5.75 Å². The van der Waals surface area contributed by atoms with E-state index >= 15 is 0 Å². The van der Waals surface area contributed by atoms with Crippen molar-refractivity contribution in [1.29, 1.82) is 0 Å². The molecule has 206 valence electrons. The number of likely N-dealkylation sites (tertiary alicyclic amines) is 1. The number of carbonyl (C=O) groups is 3. The Balaban J connectivity index is 1.35. The zero-order valence-corrected chi connectivity index (χ0v) is 22.2. The highest BCUT2D eigenvalue weighted by molar-refractivity contribution is 7.89. The standard InChI is InChI=1S/C26H28N4O8S/c1-3-6-18(27-25(32)22-13-16-7-4-9-21(37-2)24(16)38-22)26(33)29-12-10-19-23(29)20(31)15-30(19)39(35,36)17-8-5-11-28(34)14-17/h4-5,7-9,11,13-14,18-19,23H,3,6,10,12,15H2,1-2H3,(H,27,32). The molecule has 0 spiro atoms. The van der Waals surface area contributed by atoms with Crippen molar-refractivity contribution >= 4 is 38.6 Å². The average molecular weight is 557 g/mol. The van der Waals surface area contributed by atoms with Gasteiger partial charge in [-0.1, -0.05) is 25.5 Å². The molecule has 3 atom stereocenters. The molecule has 0 bridgehead atoms. The Morgan fingerprint density at radius 3 is 2.79 bits per heavy atom. The van der Waals surface area contributed by atoms with Gasteiger partial charge in [-0.2, -0.15) is 9.04 Å². The maximum atomic E-state index is 13.6. The maximum Gasteiger partial charge on any atom is 0.287 e. The van der Waals surface area contributed by atoms with E-state index < -0.39 is 52.3 Å². The molecular weight excluding hydrogens is 528 g/mol. The molecule has 39 heavy (non-hydrogen) atoms. The Bertz CT molecular complexity index is 1550. The lowest BCUT2D eigenvalue weighted by molar-refractivity contribution is -0.607. The average Bonchev–Trinajstić information content (AvgIpc) is 3.63. The Hall–Kier alpha value is -3.97. The van der Waals surface area contributed by atoms with E-state index in [1.54, 1.807) is 24.3 Å². The number of rotatable bonds is 8. The zero-order chi connectivity index (χ0) is 27.9. The molecule has 2 aromatic heterocycles. The van der Waals surface area contributed by atoms with Crippen LogP contribution in [0.4, 0.5) is 0 Å². The predicted molar refractivity (Wildman–Crippen MR) is 137 cm³/mol. The van der Waals surface area contributed by atoms with Gasteiger partial charge in [0, 0.05) is 18.0 Å². The highest BCUT2D eigenvalue weighted by Crippen LogP contribution is 2.34. The van der Waals surface area contributed by atoms with Gasteiger partial charge in [0.05, 0.1) is 19.7 Å². The summed E-state index contributed by atoms with van der Waals surface area (Å²) >= 11 is 0. The molecule has 2 saturated heterocycles. The molecule has 13 heteroatoms. The van der Waals surface area contributed by atoms with Crippen molar-refractivity contribution in [2.75, 3.05) is 20.2 Å². The number of nitrogens with zero attached hydrogens (tertiary/aromatic N) is 3. The summed E-state index contributed by atoms with van der Waals surface area (Å²) in [4.78, 5) is 40.9. The molecule has 3 unspecified atom stereocenters. The number of methoxy groups -OCH3 is 1. The van der Waals surface area contributed by atoms with Crippen LogP contribution < -0.4 is 14.8 Å². The first-order valence-electron chi connectivity index (χ1n) is 12.6. The number of pyridine rings is 1. The predicted octanol–water partition coefficient (Wildman–Crippen LogP) is 1.22. The number of carbonyl (C=O) groups excluding carboxylic acids is 3. The number of aromatic nitrogens is 1. The van der Waals surface area contributed by atoms with Gasteiger partial charge >= 0.3 is 0 Å². The fraction of sp³-hybridized carbons (Fsp3) is 0.385. The molecule has 1 N–H and O–H groups in total. The van der Waals surface area contributed by atoms with Crippen LogP contribution in [0.25, 0.3) is 11.0 Å². The van der Waals surface area contributed by atoms with Crippen molar-refractivity contribution < 1.29 is 36.7 Å². The lowest BCUT2D eigenvalue weighted by atomic mass is 10.1. The maximum absolute atomic E-state index is 13.6. The third-order valence-corrected chi connectivity index (χ3v) is 9.00. The monoisotopic (exact) mass is 556 g/mol. The number of ketones is 1. The summed E-state index contributed by atoms with van der Waals surface area (Å²) in [6.45, 7) is 1.61. The normalized spacial score (nSPS) is 20.3. The molecule has 12 nitrogen and oxygen atoms in total. The van der Waals surface area contributed by atoms with E-state index in [9.17, 15) is 28.0 Å². The highest BCUT2D eigenvalue weighted by Gasteiger charge is 2.54. The van der Waals surface area contributed by atoms with Crippen molar-refractivity contribution in [3.05, 3.63) is 59.8 Å². The molecule has 0 saturated carbocycles. The van der Waals surface area contributed by atoms with Crippen LogP contribution in [0.3, 0.4) is 0 Å². The summed E-state index contributed by atoms with van der Waals surface area (Å²) in [5.74, 6) is -0.985. The highest BCUT2D eigenvalue weighted by atomic mass is 32.2. The lowest BCUT2D eigenvalue weighted by Gasteiger charge is -2.28. The van der Waals surface area contributed by atoms with Gasteiger partial charge in [0.1, 0.15) is 17.0 Å². The van der Waals surface area contributed by atoms with E-state index in [1.807, 2.05) is 6.92 Å². The van der Waals surface area contributed by atoms with Gasteiger partial charge in [0.25, 0.3) is 5.91 Å². The fourth-order valence-electron chi connectivity index (χ4n) is 5.35. The number of nitrogens with one attached hydrogen (secondary N) is 1. The molecule has 3 aromatic rings. The second kappa shape index (κ2) is 10.3. The number of sulfonamides is 1. The summed E-state index contributed by atoms with van der Waals surface area (Å²) in [6, 6.07) is 6.75. The minimum Gasteiger partial charge on any atom is -0.619 e. The lowest BCUT2D eigenvalue weighted by Crippen LogP contribution is -2.52. The molecule has 2 aliphatic rings. The van der Waals surface area contributed by atoms with Gasteiger partial charge in [0.15, 0.2) is 35.3 Å². The molecular formula is C26H28N4O8S. The van der Waals surface area contributed by atoms with E-state index in [1.165, 1.54) is 24.1 Å². The summed E-state index contributed by atoms with van der Waals surface area (Å²) in [5.41, 5.74) is 0.407. The molecule has 2 fully saturated rings. The Morgan fingerprint density at radius 2 is 2.08 bits per heavy atom. The molecule has 1 aromatic carbocycles. The fourth-order valence-corrected chi connectivity index (χ4v) is 6.98. The topological polar surface area (TPSA) is 153 Å². The van der Waals surface area contributed by atoms with Crippen LogP contribution in [-0.4, -0.2) is 73.5 Å². The minimum absolute atomic E-state index is 0.00962. The number of para-hydroxylation sites is 1. The second-order valence-corrected chi connectivity index (χ2v) is 11.4. The summed E-state index contributed by atoms with van der Waals surface area (Å²) in [7, 11) is -2.65. The number of Topliss-reactive ketones (excluding diaryl/α,β-unsaturated/α-hetero) is 1. The van der Waals surface area contributed by atoms with Crippen LogP contribution in [0.1, 0.15) is 36.7 Å². The largest absolute Gasteiger partial charge is 0.619 e. The van der Waals surface area contributed by atoms with E-state index in [0.29, 0.717) is 34.3 Å². The number of benzene rings is 1. The van der Waals surface area contributed by atoms with E-state index in [4.69, 9.17) is 9.15 Å². The number of amides is 2. The van der Waals surface area contributed by atoms with Gasteiger partial charge in [-0.15, -0.1) is 0 Å². The van der Waals surface area contributed by atoms with Gasteiger partial charge in [-0.3, -0.25) is 14.4 Å². The van der Waals surface area contributed by atoms with Crippen molar-refractivity contribution in [1.82, 2.24) is 14.5 Å². The molecule has 4 heterocycles. The zero-order valence-electron chi connectivity index (χ0n) is 21.4. The van der Waals surface area contributed by atoms with Gasteiger partial charge in [-0.25, -0.2) is 8.42 Å². The number of hydrogen-bond acceptors (Lipinski definition) is 8. The summed E-state index contributed by atoms with van der Waals surface area (Å²) in [6.07, 6.45) is 3.24. The van der Waals surface area contributed by atoms with Gasteiger partial charge in [-0.05, 0) is 31.0 Å². The Kier molecular flexibility index (Phi) is 7.03. The number of ether oxygens (including phenoxy) is 1. The van der Waals surface area contributed by atoms with E-state index in [2.05, 4.69) is 5.32 Å². The Labute approximate surface area is 224 Å². The first kappa shape index (κ1) is 26.6. The molecule has 2 aliphatic heterocycles. The third-order valence-electron chi connectivity index (χ3n) is 7.15. The van der Waals surface area contributed by atoms with Crippen molar-refractivity contribution in [2.45, 2.75) is 49.2 Å². The number of hydrogen-bond donors (Lipinski definition) is 1. The minimum atomic E-state index is -4.14. The first-order valence-corrected chi connectivity index (χ1v) is 14.0. The SMILES string of the molecule is CCCC(NC(=O)c1cc2cccc(OC)c2o1)C(=O)N1CCC2C1C(=O)CN2S(=O)(=O)c1ccc[n+]([O-])c1. The van der Waals surface area contributed by atoms with Crippen molar-refractivity contribution in [3.8, 4) is 5.75 Å². The summed E-state index contributed by atoms with van der Waals surface area (Å²) in [5, 5.41) is 15.1. The molecule has 5 rings (SSSR count). The Morgan fingerprint density at radius 1 is 1.28 bits per heavy atom. The third kappa shape index (κ3) is 4.72. The van der Waals surface area contributed by atoms with Crippen LogP contribution in [0.15, 0.2) is 58.1 Å². The van der Waals surface area contributed by atoms with Gasteiger partial charge in [0.2, 0.25) is 15.9 Å². The van der Waals surface area contributed by atoms with Crippen LogP contribution in [0.2, 0.25) is 0 Å². The van der Waals surface area contributed by atoms with E-state index in [-0.39, 0.29) is 23.6 Å². The molecule has 0 radical (unpaired) electrons. The van der Waals surface area contributed by atoms with Crippen LogP contribution in [0, 0.1) is 5.21 Å².